The highest BCUT2D eigenvalue weighted by molar-refractivity contribution is 7.93. The molecular formula is C30H29F4N3O3S2. The average Bonchev–Trinajstić information content (AvgIpc) is 3.56. The maximum absolute atomic E-state index is 14.6. The van der Waals surface area contributed by atoms with Gasteiger partial charge in [-0.05, 0) is 66.0 Å². The maximum Gasteiger partial charge on any atom is 0.522 e. The summed E-state index contributed by atoms with van der Waals surface area (Å²) in [5, 5.41) is 0.0327. The van der Waals surface area contributed by atoms with Crippen LogP contribution >= 0.6 is 11.3 Å². The van der Waals surface area contributed by atoms with Gasteiger partial charge in [0.15, 0.2) is 10.9 Å². The van der Waals surface area contributed by atoms with Crippen LogP contribution in [0, 0.1) is 5.82 Å². The van der Waals surface area contributed by atoms with Crippen LogP contribution in [-0.2, 0) is 14.8 Å². The summed E-state index contributed by atoms with van der Waals surface area (Å²) in [6.45, 7) is 4.08. The average molecular weight is 620 g/mol. The van der Waals surface area contributed by atoms with Gasteiger partial charge in [0.1, 0.15) is 4.90 Å². The second-order valence-corrected chi connectivity index (χ2v) is 13.2. The topological polar surface area (TPSA) is 94.3 Å². The fraction of sp³-hybridized carbons (Fsp3) is 0.300. The van der Waals surface area contributed by atoms with Gasteiger partial charge in [0.2, 0.25) is 0 Å². The highest BCUT2D eigenvalue weighted by Gasteiger charge is 2.37. The number of hydrogen-bond acceptors (Lipinski definition) is 6. The summed E-state index contributed by atoms with van der Waals surface area (Å²) in [5.74, 6) is -1.04. The number of alkyl halides is 3. The fourth-order valence-electron chi connectivity index (χ4n) is 5.34. The molecule has 5 rings (SSSR count). The van der Waals surface area contributed by atoms with E-state index in [9.17, 15) is 26.0 Å². The molecule has 6 nitrogen and oxygen atoms in total. The van der Waals surface area contributed by atoms with Crippen LogP contribution in [0.5, 0.6) is 0 Å². The molecule has 2 atom stereocenters. The number of rotatable bonds is 8. The number of anilines is 2. The summed E-state index contributed by atoms with van der Waals surface area (Å²) in [6.07, 6.45) is -4.49. The first-order valence-corrected chi connectivity index (χ1v) is 15.6. The van der Waals surface area contributed by atoms with E-state index in [0.29, 0.717) is 23.4 Å². The van der Waals surface area contributed by atoms with Crippen molar-refractivity contribution in [2.75, 3.05) is 10.5 Å². The monoisotopic (exact) mass is 619 g/mol. The minimum atomic E-state index is -4.68. The highest BCUT2D eigenvalue weighted by atomic mass is 32.2. The van der Waals surface area contributed by atoms with Gasteiger partial charge in [-0.2, -0.15) is 0 Å². The Bertz CT molecular complexity index is 1700. The van der Waals surface area contributed by atoms with Crippen molar-refractivity contribution in [3.63, 3.8) is 0 Å². The van der Waals surface area contributed by atoms with E-state index < -0.39 is 33.2 Å². The fourth-order valence-corrected chi connectivity index (χ4v) is 7.66. The van der Waals surface area contributed by atoms with Crippen molar-refractivity contribution in [3.05, 3.63) is 83.7 Å². The molecule has 3 N–H and O–H groups in total. The van der Waals surface area contributed by atoms with Crippen LogP contribution in [0.15, 0.2) is 71.6 Å². The Hall–Kier alpha value is -3.48. The molecule has 12 heteroatoms. The SMILES string of the molecule is CC(C)c1ccccc1-c1nc(NS(=O)(=O)c2cccc(N)c2F)sc1-c1cccc([C@H]2CC[C@H](OC(F)(F)F)C2)c1. The predicted octanol–water partition coefficient (Wildman–Crippen LogP) is 8.30. The number of ether oxygens (including phenoxy) is 1. The van der Waals surface area contributed by atoms with Crippen molar-refractivity contribution in [3.8, 4) is 21.7 Å². The van der Waals surface area contributed by atoms with E-state index in [1.54, 1.807) is 0 Å². The minimum absolute atomic E-state index is 0.0327. The molecule has 42 heavy (non-hydrogen) atoms. The number of nitrogen functional groups attached to an aromatic ring is 1. The number of nitrogens with zero attached hydrogens (tertiary/aromatic N) is 1. The van der Waals surface area contributed by atoms with E-state index in [0.717, 1.165) is 39.7 Å². The molecule has 0 spiro atoms. The zero-order chi connectivity index (χ0) is 30.2. The van der Waals surface area contributed by atoms with E-state index in [1.807, 2.05) is 62.4 Å². The Labute approximate surface area is 245 Å². The molecule has 1 saturated carbocycles. The number of aromatic nitrogens is 1. The number of thiazole rings is 1. The van der Waals surface area contributed by atoms with Crippen LogP contribution in [-0.4, -0.2) is 25.9 Å². The van der Waals surface area contributed by atoms with Gasteiger partial charge < -0.3 is 5.73 Å². The molecule has 0 radical (unpaired) electrons. The maximum atomic E-state index is 14.6. The van der Waals surface area contributed by atoms with Gasteiger partial charge in [0.05, 0.1) is 22.4 Å². The molecule has 1 heterocycles. The largest absolute Gasteiger partial charge is 0.522 e. The molecule has 222 valence electrons. The lowest BCUT2D eigenvalue weighted by molar-refractivity contribution is -0.341. The van der Waals surface area contributed by atoms with Gasteiger partial charge in [-0.25, -0.2) is 17.8 Å². The van der Waals surface area contributed by atoms with E-state index in [-0.39, 0.29) is 29.1 Å². The summed E-state index contributed by atoms with van der Waals surface area (Å²) in [7, 11) is -4.37. The standard InChI is InChI=1S/C30H29F4N3O3S2/c1-17(2)22-9-3-4-10-23(22)27-28(41-29(36-27)37-42(38,39)25-12-6-11-24(35)26(25)31)20-8-5-7-18(15-20)19-13-14-21(16-19)40-30(32,33)34/h3-12,15,17,19,21H,13-14,16,35H2,1-2H3,(H,36,37)/t19-,21-/m0/s1. The minimum Gasteiger partial charge on any atom is -0.396 e. The lowest BCUT2D eigenvalue weighted by Crippen LogP contribution is -2.21. The molecule has 0 amide bonds. The van der Waals surface area contributed by atoms with Crippen LogP contribution in [0.3, 0.4) is 0 Å². The Balaban J connectivity index is 1.56. The molecule has 4 aromatic rings. The summed E-state index contributed by atoms with van der Waals surface area (Å²) in [4.78, 5) is 4.74. The lowest BCUT2D eigenvalue weighted by Gasteiger charge is -2.15. The second-order valence-electron chi connectivity index (χ2n) is 10.5. The van der Waals surface area contributed by atoms with Crippen LogP contribution < -0.4 is 10.5 Å². The number of benzene rings is 3. The number of nitrogens with two attached hydrogens (primary N) is 1. The number of sulfonamides is 1. The van der Waals surface area contributed by atoms with Crippen LogP contribution in [0.4, 0.5) is 28.4 Å². The van der Waals surface area contributed by atoms with Crippen LogP contribution in [0.25, 0.3) is 21.7 Å². The van der Waals surface area contributed by atoms with Crippen molar-refractivity contribution in [2.24, 2.45) is 0 Å². The zero-order valence-electron chi connectivity index (χ0n) is 22.8. The summed E-state index contributed by atoms with van der Waals surface area (Å²) >= 11 is 1.09. The quantitative estimate of drug-likeness (QED) is 0.153. The molecule has 0 aliphatic heterocycles. The van der Waals surface area contributed by atoms with E-state index in [4.69, 9.17) is 5.73 Å². The van der Waals surface area contributed by atoms with Gasteiger partial charge >= 0.3 is 6.36 Å². The predicted molar refractivity (Wildman–Crippen MR) is 156 cm³/mol. The van der Waals surface area contributed by atoms with Gasteiger partial charge in [0, 0.05) is 5.56 Å². The lowest BCUT2D eigenvalue weighted by atomic mass is 9.92. The molecule has 1 aromatic heterocycles. The van der Waals surface area contributed by atoms with Gasteiger partial charge in [-0.3, -0.25) is 9.46 Å². The first kappa shape index (κ1) is 30.0. The van der Waals surface area contributed by atoms with E-state index in [2.05, 4.69) is 14.4 Å². The molecular weight excluding hydrogens is 590 g/mol. The molecule has 0 unspecified atom stereocenters. The molecule has 3 aromatic carbocycles. The van der Waals surface area contributed by atoms with Gasteiger partial charge in [-0.1, -0.05) is 73.7 Å². The zero-order valence-corrected chi connectivity index (χ0v) is 24.4. The molecule has 0 bridgehead atoms. The van der Waals surface area contributed by atoms with Crippen LogP contribution in [0.1, 0.15) is 56.1 Å². The van der Waals surface area contributed by atoms with Gasteiger partial charge in [0.25, 0.3) is 10.0 Å². The Kier molecular flexibility index (Phi) is 8.32. The normalized spacial score (nSPS) is 17.6. The third kappa shape index (κ3) is 6.45. The van der Waals surface area contributed by atoms with Crippen molar-refractivity contribution in [2.45, 2.75) is 62.3 Å². The van der Waals surface area contributed by atoms with Crippen molar-refractivity contribution in [1.82, 2.24) is 4.98 Å². The number of hydrogen-bond donors (Lipinski definition) is 2. The second kappa shape index (κ2) is 11.7. The summed E-state index contributed by atoms with van der Waals surface area (Å²) < 4.78 is 86.0. The van der Waals surface area contributed by atoms with Gasteiger partial charge in [-0.15, -0.1) is 13.2 Å². The number of nitrogens with one attached hydrogen (secondary N) is 1. The highest BCUT2D eigenvalue weighted by Crippen LogP contribution is 2.44. The number of halogens is 4. The van der Waals surface area contributed by atoms with Crippen molar-refractivity contribution < 1.29 is 30.7 Å². The van der Waals surface area contributed by atoms with Crippen molar-refractivity contribution >= 4 is 32.2 Å². The first-order valence-electron chi connectivity index (χ1n) is 13.3. The Morgan fingerprint density at radius 3 is 2.52 bits per heavy atom. The van der Waals surface area contributed by atoms with Crippen LogP contribution in [0.2, 0.25) is 0 Å². The molecule has 1 fully saturated rings. The summed E-state index contributed by atoms with van der Waals surface area (Å²) in [5.41, 5.74) is 9.25. The molecule has 0 saturated heterocycles. The molecule has 1 aliphatic carbocycles. The smallest absolute Gasteiger partial charge is 0.396 e. The Morgan fingerprint density at radius 1 is 1.05 bits per heavy atom. The third-order valence-corrected chi connectivity index (χ3v) is 9.78. The van der Waals surface area contributed by atoms with Crippen molar-refractivity contribution in [1.29, 1.82) is 0 Å². The first-order chi connectivity index (χ1) is 19.8. The van der Waals surface area contributed by atoms with E-state index in [1.165, 1.54) is 12.1 Å². The van der Waals surface area contributed by atoms with E-state index >= 15 is 0 Å². The molecule has 1 aliphatic rings. The Morgan fingerprint density at radius 2 is 1.79 bits per heavy atom. The summed E-state index contributed by atoms with van der Waals surface area (Å²) in [6, 6.07) is 18.9. The third-order valence-electron chi connectivity index (χ3n) is 7.27.